The Labute approximate surface area is 220 Å². The van der Waals surface area contributed by atoms with Crippen LogP contribution in [0.5, 0.6) is 0 Å². The van der Waals surface area contributed by atoms with Crippen LogP contribution in [0.25, 0.3) is 10.9 Å². The zero-order valence-corrected chi connectivity index (χ0v) is 23.0. The highest BCUT2D eigenvalue weighted by molar-refractivity contribution is 7.86. The van der Waals surface area contributed by atoms with Gasteiger partial charge in [0.15, 0.2) is 0 Å². The largest absolute Gasteiger partial charge is 0.369 e. The van der Waals surface area contributed by atoms with Crippen LogP contribution < -0.4 is 4.90 Å². The summed E-state index contributed by atoms with van der Waals surface area (Å²) in [5.74, 6) is 0. The predicted octanol–water partition coefficient (Wildman–Crippen LogP) is 2.52. The van der Waals surface area contributed by atoms with E-state index in [1.54, 1.807) is 14.8 Å². The molecule has 2 aromatic rings. The molecule has 0 saturated carbocycles. The highest BCUT2D eigenvalue weighted by Crippen LogP contribution is 2.36. The van der Waals surface area contributed by atoms with Gasteiger partial charge in [-0.25, -0.2) is 0 Å². The number of aromatic nitrogens is 1. The summed E-state index contributed by atoms with van der Waals surface area (Å²) in [5.41, 5.74) is 1.49. The van der Waals surface area contributed by atoms with E-state index in [9.17, 15) is 13.2 Å². The lowest BCUT2D eigenvalue weighted by molar-refractivity contribution is -0.185. The zero-order valence-electron chi connectivity index (χ0n) is 22.2. The topological polar surface area (TPSA) is 86.3 Å². The molecule has 3 saturated heterocycles. The number of nitrogens with zero attached hydrogens (tertiary/aromatic N) is 5. The van der Waals surface area contributed by atoms with Gasteiger partial charge in [-0.05, 0) is 51.3 Å². The van der Waals surface area contributed by atoms with Crippen molar-refractivity contribution >= 4 is 33.1 Å². The first-order valence-electron chi connectivity index (χ1n) is 13.4. The van der Waals surface area contributed by atoms with E-state index >= 15 is 0 Å². The molecule has 10 heteroatoms. The fourth-order valence-electron chi connectivity index (χ4n) is 5.77. The van der Waals surface area contributed by atoms with Crippen LogP contribution in [-0.2, 0) is 19.7 Å². The Morgan fingerprint density at radius 2 is 1.78 bits per heavy atom. The number of piperazine rings is 1. The van der Waals surface area contributed by atoms with Gasteiger partial charge < -0.3 is 14.4 Å². The maximum atomic E-state index is 13.5. The van der Waals surface area contributed by atoms with Crippen molar-refractivity contribution in [2.75, 3.05) is 57.3 Å². The molecule has 0 aliphatic carbocycles. The van der Waals surface area contributed by atoms with Crippen molar-refractivity contribution in [1.29, 1.82) is 0 Å². The summed E-state index contributed by atoms with van der Waals surface area (Å²) >= 11 is 0. The Hall–Kier alpha value is -2.11. The summed E-state index contributed by atoms with van der Waals surface area (Å²) in [7, 11) is -3.56. The molecule has 1 aromatic carbocycles. The first-order chi connectivity index (χ1) is 17.7. The smallest absolute Gasteiger partial charge is 0.282 e. The second kappa shape index (κ2) is 10.2. The van der Waals surface area contributed by atoms with Crippen molar-refractivity contribution in [2.24, 2.45) is 0 Å². The first kappa shape index (κ1) is 26.5. The van der Waals surface area contributed by atoms with E-state index in [0.717, 1.165) is 35.8 Å². The number of morpholine rings is 1. The number of carbonyl (C=O) groups excluding carboxylic acids is 1. The van der Waals surface area contributed by atoms with Gasteiger partial charge in [0, 0.05) is 75.2 Å². The summed E-state index contributed by atoms with van der Waals surface area (Å²) in [5, 5.41) is 1.10. The molecule has 4 heterocycles. The SMILES string of the molecule is CCC(C)(C)N1CC(C=O)OC2(CCN(S(=O)(=O)N3CCN(c4ccc5cccnc5c4)CC3)CC2)C1. The molecule has 3 aliphatic heterocycles. The van der Waals surface area contributed by atoms with E-state index in [-0.39, 0.29) is 5.54 Å². The van der Waals surface area contributed by atoms with Crippen LogP contribution in [0.15, 0.2) is 36.5 Å². The Balaban J connectivity index is 1.21. The van der Waals surface area contributed by atoms with E-state index in [1.807, 2.05) is 12.1 Å². The van der Waals surface area contributed by atoms with Crippen molar-refractivity contribution in [3.05, 3.63) is 36.5 Å². The van der Waals surface area contributed by atoms with Crippen LogP contribution in [0, 0.1) is 0 Å². The lowest BCUT2D eigenvalue weighted by atomic mass is 9.86. The van der Waals surface area contributed by atoms with Gasteiger partial charge in [0.25, 0.3) is 10.2 Å². The van der Waals surface area contributed by atoms with Crippen molar-refractivity contribution < 1.29 is 17.9 Å². The summed E-state index contributed by atoms with van der Waals surface area (Å²) in [6, 6.07) is 10.2. The lowest BCUT2D eigenvalue weighted by Crippen LogP contribution is -2.64. The van der Waals surface area contributed by atoms with Gasteiger partial charge in [-0.1, -0.05) is 19.1 Å². The first-order valence-corrected chi connectivity index (χ1v) is 14.8. The average molecular weight is 530 g/mol. The lowest BCUT2D eigenvalue weighted by Gasteiger charge is -2.53. The van der Waals surface area contributed by atoms with Crippen LogP contribution in [0.4, 0.5) is 5.69 Å². The monoisotopic (exact) mass is 529 g/mol. The van der Waals surface area contributed by atoms with Gasteiger partial charge in [-0.15, -0.1) is 0 Å². The molecule has 3 fully saturated rings. The highest BCUT2D eigenvalue weighted by atomic mass is 32.2. The quantitative estimate of drug-likeness (QED) is 0.532. The van der Waals surface area contributed by atoms with Gasteiger partial charge in [0.2, 0.25) is 0 Å². The van der Waals surface area contributed by atoms with Gasteiger partial charge in [0.05, 0.1) is 11.1 Å². The maximum Gasteiger partial charge on any atom is 0.282 e. The van der Waals surface area contributed by atoms with E-state index in [2.05, 4.69) is 53.8 Å². The molecule has 3 aliphatic rings. The molecule has 1 atom stereocenters. The Morgan fingerprint density at radius 1 is 1.08 bits per heavy atom. The summed E-state index contributed by atoms with van der Waals surface area (Å²) in [4.78, 5) is 20.7. The van der Waals surface area contributed by atoms with E-state index in [4.69, 9.17) is 4.74 Å². The van der Waals surface area contributed by atoms with Gasteiger partial charge >= 0.3 is 0 Å². The minimum atomic E-state index is -3.56. The molecule has 0 N–H and O–H groups in total. The van der Waals surface area contributed by atoms with Gasteiger partial charge in [0.1, 0.15) is 12.4 Å². The Kier molecular flexibility index (Phi) is 7.32. The minimum Gasteiger partial charge on any atom is -0.369 e. The van der Waals surface area contributed by atoms with E-state index in [1.165, 1.54) is 0 Å². The fraction of sp³-hybridized carbons (Fsp3) is 0.630. The predicted molar refractivity (Wildman–Crippen MR) is 145 cm³/mol. The minimum absolute atomic E-state index is 0.0397. The van der Waals surface area contributed by atoms with E-state index in [0.29, 0.717) is 58.7 Å². The number of anilines is 1. The molecule has 9 nitrogen and oxygen atoms in total. The summed E-state index contributed by atoms with van der Waals surface area (Å²) in [6.45, 7) is 10.9. The van der Waals surface area contributed by atoms with Crippen LogP contribution >= 0.6 is 0 Å². The van der Waals surface area contributed by atoms with Gasteiger partial charge in [-0.2, -0.15) is 17.0 Å². The molecule has 5 rings (SSSR count). The zero-order chi connectivity index (χ0) is 26.3. The standard InChI is InChI=1S/C27H39N5O4S/c1-4-26(2,3)30-19-24(20-33)36-27(21-30)9-12-31(13-10-27)37(34,35)32-16-14-29(15-17-32)23-8-7-22-6-5-11-28-25(22)18-23/h5-8,11,18,20,24H,4,9-10,12-17,19,21H2,1-3H3. The number of carbonyl (C=O) groups is 1. The Morgan fingerprint density at radius 3 is 2.46 bits per heavy atom. The molecule has 0 amide bonds. The van der Waals surface area contributed by atoms with Crippen LogP contribution in [-0.4, -0.2) is 103 Å². The Bertz CT molecular complexity index is 1220. The number of benzene rings is 1. The molecule has 1 unspecified atom stereocenters. The molecular formula is C27H39N5O4S. The van der Waals surface area contributed by atoms with Crippen molar-refractivity contribution in [3.63, 3.8) is 0 Å². The number of fused-ring (bicyclic) bond motifs is 1. The number of ether oxygens (including phenoxy) is 1. The van der Waals surface area contributed by atoms with Crippen molar-refractivity contribution in [3.8, 4) is 0 Å². The fourth-order valence-corrected chi connectivity index (χ4v) is 7.37. The molecule has 1 aromatic heterocycles. The number of piperidine rings is 1. The molecule has 202 valence electrons. The molecular weight excluding hydrogens is 490 g/mol. The third-order valence-electron chi connectivity index (χ3n) is 8.63. The van der Waals surface area contributed by atoms with Crippen molar-refractivity contribution in [2.45, 2.75) is 57.3 Å². The molecule has 0 radical (unpaired) electrons. The molecule has 37 heavy (non-hydrogen) atoms. The van der Waals surface area contributed by atoms with Crippen LogP contribution in [0.3, 0.4) is 0 Å². The third kappa shape index (κ3) is 5.27. The van der Waals surface area contributed by atoms with Gasteiger partial charge in [-0.3, -0.25) is 9.88 Å². The van der Waals surface area contributed by atoms with Crippen molar-refractivity contribution in [1.82, 2.24) is 18.5 Å². The number of hydrogen-bond acceptors (Lipinski definition) is 7. The maximum absolute atomic E-state index is 13.5. The number of aldehydes is 1. The highest BCUT2D eigenvalue weighted by Gasteiger charge is 2.48. The van der Waals surface area contributed by atoms with Crippen LogP contribution in [0.2, 0.25) is 0 Å². The van der Waals surface area contributed by atoms with Crippen LogP contribution in [0.1, 0.15) is 40.0 Å². The molecule has 0 bridgehead atoms. The molecule has 1 spiro atoms. The number of rotatable bonds is 6. The number of hydrogen-bond donors (Lipinski definition) is 0. The average Bonchev–Trinajstić information content (AvgIpc) is 2.92. The third-order valence-corrected chi connectivity index (χ3v) is 10.7. The second-order valence-electron chi connectivity index (χ2n) is 11.2. The second-order valence-corrected chi connectivity index (χ2v) is 13.1. The summed E-state index contributed by atoms with van der Waals surface area (Å²) < 4.78 is 36.6. The normalized spacial score (nSPS) is 24.5. The van der Waals surface area contributed by atoms with E-state index < -0.39 is 21.9 Å². The number of pyridine rings is 1. The summed E-state index contributed by atoms with van der Waals surface area (Å²) in [6.07, 6.45) is 4.37.